The highest BCUT2D eigenvalue weighted by atomic mass is 79.9. The van der Waals surface area contributed by atoms with Gasteiger partial charge in [0, 0.05) is 4.47 Å². The summed E-state index contributed by atoms with van der Waals surface area (Å²) >= 11 is 3.43. The van der Waals surface area contributed by atoms with Gasteiger partial charge in [-0.05, 0) is 48.9 Å². The summed E-state index contributed by atoms with van der Waals surface area (Å²) in [4.78, 5) is 0. The fourth-order valence-corrected chi connectivity index (χ4v) is 2.43. The van der Waals surface area contributed by atoms with Crippen LogP contribution < -0.4 is 0 Å². The van der Waals surface area contributed by atoms with Gasteiger partial charge in [-0.15, -0.1) is 0 Å². The number of rotatable bonds is 0. The van der Waals surface area contributed by atoms with E-state index in [2.05, 4.69) is 28.1 Å². The first-order valence-electron chi connectivity index (χ1n) is 4.52. The monoisotopic (exact) mass is 235 g/mol. The van der Waals surface area contributed by atoms with Gasteiger partial charge in [-0.1, -0.05) is 15.9 Å². The normalized spacial score (nSPS) is 14.8. The topological polar surface area (TPSA) is 23.8 Å². The van der Waals surface area contributed by atoms with Crippen molar-refractivity contribution in [1.29, 1.82) is 5.26 Å². The van der Waals surface area contributed by atoms with Crippen LogP contribution in [0.15, 0.2) is 16.6 Å². The maximum Gasteiger partial charge on any atom is 0.0995 e. The Hall–Kier alpha value is -0.810. The Labute approximate surface area is 86.5 Å². The average molecular weight is 236 g/mol. The standard InChI is InChI=1S/C11H10BrN/c12-10-5-8-3-1-2-4-11(8)9(6-10)7-13/h5-6H,1-4H2. The predicted octanol–water partition coefficient (Wildman–Crippen LogP) is 3.20. The van der Waals surface area contributed by atoms with Crippen molar-refractivity contribution in [3.8, 4) is 6.07 Å². The molecule has 0 atom stereocenters. The lowest BCUT2D eigenvalue weighted by molar-refractivity contribution is 0.683. The highest BCUT2D eigenvalue weighted by molar-refractivity contribution is 9.10. The molecule has 0 unspecified atom stereocenters. The summed E-state index contributed by atoms with van der Waals surface area (Å²) < 4.78 is 1.03. The second kappa shape index (κ2) is 3.51. The number of nitrogens with zero attached hydrogens (tertiary/aromatic N) is 1. The second-order valence-corrected chi connectivity index (χ2v) is 4.33. The third-order valence-electron chi connectivity index (χ3n) is 2.55. The van der Waals surface area contributed by atoms with Crippen molar-refractivity contribution in [2.45, 2.75) is 25.7 Å². The van der Waals surface area contributed by atoms with Crippen LogP contribution in [-0.2, 0) is 12.8 Å². The molecular weight excluding hydrogens is 226 g/mol. The van der Waals surface area contributed by atoms with Gasteiger partial charge in [0.25, 0.3) is 0 Å². The lowest BCUT2D eigenvalue weighted by Crippen LogP contribution is -2.04. The minimum Gasteiger partial charge on any atom is -0.192 e. The molecule has 0 saturated carbocycles. The Morgan fingerprint density at radius 1 is 1.23 bits per heavy atom. The van der Waals surface area contributed by atoms with Crippen LogP contribution in [0.2, 0.25) is 0 Å². The van der Waals surface area contributed by atoms with Crippen LogP contribution in [0.4, 0.5) is 0 Å². The smallest absolute Gasteiger partial charge is 0.0995 e. The first-order chi connectivity index (χ1) is 6.31. The molecule has 0 heterocycles. The predicted molar refractivity (Wildman–Crippen MR) is 55.5 cm³/mol. The molecule has 2 heteroatoms. The fourth-order valence-electron chi connectivity index (χ4n) is 1.93. The largest absolute Gasteiger partial charge is 0.192 e. The van der Waals surface area contributed by atoms with Crippen molar-refractivity contribution < 1.29 is 0 Å². The van der Waals surface area contributed by atoms with Crippen molar-refractivity contribution in [3.63, 3.8) is 0 Å². The van der Waals surface area contributed by atoms with Gasteiger partial charge in [0.2, 0.25) is 0 Å². The second-order valence-electron chi connectivity index (χ2n) is 3.41. The fraction of sp³-hybridized carbons (Fsp3) is 0.364. The number of benzene rings is 1. The maximum atomic E-state index is 8.95. The number of hydrogen-bond acceptors (Lipinski definition) is 1. The summed E-state index contributed by atoms with van der Waals surface area (Å²) in [5, 5.41) is 8.95. The van der Waals surface area contributed by atoms with E-state index < -0.39 is 0 Å². The van der Waals surface area contributed by atoms with E-state index in [-0.39, 0.29) is 0 Å². The zero-order chi connectivity index (χ0) is 9.26. The summed E-state index contributed by atoms with van der Waals surface area (Å²) in [5.41, 5.74) is 3.48. The Bertz CT molecular complexity index is 376. The van der Waals surface area contributed by atoms with Gasteiger partial charge in [0.05, 0.1) is 11.6 Å². The van der Waals surface area contributed by atoms with Crippen LogP contribution in [0.25, 0.3) is 0 Å². The number of nitriles is 1. The molecule has 1 nitrogen and oxygen atoms in total. The van der Waals surface area contributed by atoms with Crippen LogP contribution >= 0.6 is 15.9 Å². The Morgan fingerprint density at radius 3 is 2.77 bits per heavy atom. The molecule has 13 heavy (non-hydrogen) atoms. The first-order valence-corrected chi connectivity index (χ1v) is 5.32. The van der Waals surface area contributed by atoms with Crippen LogP contribution in [-0.4, -0.2) is 0 Å². The van der Waals surface area contributed by atoms with E-state index in [1.807, 2.05) is 6.07 Å². The van der Waals surface area contributed by atoms with Crippen molar-refractivity contribution in [2.75, 3.05) is 0 Å². The molecule has 0 N–H and O–H groups in total. The van der Waals surface area contributed by atoms with Gasteiger partial charge in [0.1, 0.15) is 0 Å². The highest BCUT2D eigenvalue weighted by Gasteiger charge is 2.13. The SMILES string of the molecule is N#Cc1cc(Br)cc2c1CCCC2. The molecule has 0 aliphatic heterocycles. The lowest BCUT2D eigenvalue weighted by Gasteiger charge is -2.16. The Balaban J connectivity index is 2.58. The lowest BCUT2D eigenvalue weighted by atomic mass is 9.89. The molecule has 0 amide bonds. The molecule has 66 valence electrons. The molecule has 0 aromatic heterocycles. The molecule has 0 radical (unpaired) electrons. The van der Waals surface area contributed by atoms with Gasteiger partial charge in [-0.2, -0.15) is 5.26 Å². The number of halogens is 1. The van der Waals surface area contributed by atoms with E-state index in [0.717, 1.165) is 22.9 Å². The van der Waals surface area contributed by atoms with Crippen LogP contribution in [0.3, 0.4) is 0 Å². The third kappa shape index (κ3) is 1.62. The van der Waals surface area contributed by atoms with Gasteiger partial charge in [-0.3, -0.25) is 0 Å². The van der Waals surface area contributed by atoms with E-state index in [9.17, 15) is 0 Å². The number of aryl methyl sites for hydroxylation is 1. The maximum absolute atomic E-state index is 8.95. The summed E-state index contributed by atoms with van der Waals surface area (Å²) in [7, 11) is 0. The number of hydrogen-bond donors (Lipinski definition) is 0. The van der Waals surface area contributed by atoms with E-state index in [0.29, 0.717) is 0 Å². The molecule has 2 rings (SSSR count). The van der Waals surface area contributed by atoms with E-state index in [1.54, 1.807) is 0 Å². The van der Waals surface area contributed by atoms with Gasteiger partial charge in [-0.25, -0.2) is 0 Å². The van der Waals surface area contributed by atoms with Gasteiger partial charge >= 0.3 is 0 Å². The summed E-state index contributed by atoms with van der Waals surface area (Å²) in [6.07, 6.45) is 4.69. The molecule has 0 spiro atoms. The summed E-state index contributed by atoms with van der Waals surface area (Å²) in [5.74, 6) is 0. The van der Waals surface area contributed by atoms with Crippen LogP contribution in [0.1, 0.15) is 29.5 Å². The number of fused-ring (bicyclic) bond motifs is 1. The zero-order valence-corrected chi connectivity index (χ0v) is 8.89. The quantitative estimate of drug-likeness (QED) is 0.678. The van der Waals surface area contributed by atoms with Gasteiger partial charge in [0.15, 0.2) is 0 Å². The molecule has 1 aliphatic rings. The molecule has 1 aromatic carbocycles. The Kier molecular flexibility index (Phi) is 2.37. The molecule has 0 saturated heterocycles. The van der Waals surface area contributed by atoms with E-state index in [1.165, 1.54) is 24.0 Å². The molecule has 0 fully saturated rings. The Morgan fingerprint density at radius 2 is 2.00 bits per heavy atom. The average Bonchev–Trinajstić information content (AvgIpc) is 2.16. The molecule has 1 aliphatic carbocycles. The van der Waals surface area contributed by atoms with Crippen molar-refractivity contribution in [3.05, 3.63) is 33.3 Å². The summed E-state index contributed by atoms with van der Waals surface area (Å²) in [6, 6.07) is 6.33. The van der Waals surface area contributed by atoms with Crippen molar-refractivity contribution in [2.24, 2.45) is 0 Å². The van der Waals surface area contributed by atoms with Crippen LogP contribution in [0, 0.1) is 11.3 Å². The van der Waals surface area contributed by atoms with Crippen LogP contribution in [0.5, 0.6) is 0 Å². The van der Waals surface area contributed by atoms with Gasteiger partial charge < -0.3 is 0 Å². The van der Waals surface area contributed by atoms with E-state index in [4.69, 9.17) is 5.26 Å². The minimum absolute atomic E-state index is 0.851. The van der Waals surface area contributed by atoms with Crippen molar-refractivity contribution >= 4 is 15.9 Å². The first kappa shape index (κ1) is 8.77. The third-order valence-corrected chi connectivity index (χ3v) is 3.01. The zero-order valence-electron chi connectivity index (χ0n) is 7.31. The molecular formula is C11H10BrN. The summed E-state index contributed by atoms with van der Waals surface area (Å²) in [6.45, 7) is 0. The van der Waals surface area contributed by atoms with E-state index >= 15 is 0 Å². The minimum atomic E-state index is 0.851. The molecule has 1 aromatic rings. The molecule has 0 bridgehead atoms. The highest BCUT2D eigenvalue weighted by Crippen LogP contribution is 2.27. The van der Waals surface area contributed by atoms with Crippen molar-refractivity contribution in [1.82, 2.24) is 0 Å².